The zero-order valence-electron chi connectivity index (χ0n) is 10.7. The second-order valence-electron chi connectivity index (χ2n) is 5.08. The standard InChI is InChI=1S/C11H24BrNO2S/c1-9(2)5-6-16(14,15)13-8-11(12)7-10(3)4/h9-11,13H,5-8H2,1-4H3. The highest BCUT2D eigenvalue weighted by atomic mass is 79.9. The smallest absolute Gasteiger partial charge is 0.211 e. The lowest BCUT2D eigenvalue weighted by Gasteiger charge is -2.14. The Hall–Kier alpha value is 0.390. The number of rotatable bonds is 8. The fourth-order valence-electron chi connectivity index (χ4n) is 1.28. The van der Waals surface area contributed by atoms with Crippen molar-refractivity contribution >= 4 is 26.0 Å². The molecule has 0 aliphatic carbocycles. The summed E-state index contributed by atoms with van der Waals surface area (Å²) in [5.74, 6) is 1.23. The topological polar surface area (TPSA) is 46.2 Å². The van der Waals surface area contributed by atoms with Gasteiger partial charge in [0.1, 0.15) is 0 Å². The van der Waals surface area contributed by atoms with E-state index in [4.69, 9.17) is 0 Å². The molecule has 0 fully saturated rings. The van der Waals surface area contributed by atoms with Crippen LogP contribution in [-0.4, -0.2) is 25.5 Å². The largest absolute Gasteiger partial charge is 0.214 e. The Morgan fingerprint density at radius 1 is 1.12 bits per heavy atom. The Bertz CT molecular complexity index is 276. The molecule has 1 N–H and O–H groups in total. The van der Waals surface area contributed by atoms with E-state index >= 15 is 0 Å². The average Bonchev–Trinajstić information content (AvgIpc) is 2.11. The van der Waals surface area contributed by atoms with E-state index in [2.05, 4.69) is 34.5 Å². The van der Waals surface area contributed by atoms with Crippen molar-refractivity contribution in [2.24, 2.45) is 11.8 Å². The van der Waals surface area contributed by atoms with Gasteiger partial charge in [-0.1, -0.05) is 43.6 Å². The van der Waals surface area contributed by atoms with E-state index < -0.39 is 10.0 Å². The van der Waals surface area contributed by atoms with Crippen molar-refractivity contribution < 1.29 is 8.42 Å². The van der Waals surface area contributed by atoms with Gasteiger partial charge in [-0.15, -0.1) is 0 Å². The maximum atomic E-state index is 11.6. The molecule has 5 heteroatoms. The summed E-state index contributed by atoms with van der Waals surface area (Å²) in [4.78, 5) is 0.223. The van der Waals surface area contributed by atoms with Crippen LogP contribution in [0.5, 0.6) is 0 Å². The molecule has 0 amide bonds. The van der Waals surface area contributed by atoms with Gasteiger partial charge in [0.05, 0.1) is 5.75 Å². The van der Waals surface area contributed by atoms with Crippen molar-refractivity contribution in [2.75, 3.05) is 12.3 Å². The summed E-state index contributed by atoms with van der Waals surface area (Å²) in [5.41, 5.74) is 0. The van der Waals surface area contributed by atoms with Gasteiger partial charge in [0.2, 0.25) is 10.0 Å². The lowest BCUT2D eigenvalue weighted by atomic mass is 10.1. The van der Waals surface area contributed by atoms with Crippen LogP contribution in [-0.2, 0) is 10.0 Å². The zero-order chi connectivity index (χ0) is 12.8. The molecule has 3 nitrogen and oxygen atoms in total. The first kappa shape index (κ1) is 16.4. The summed E-state index contributed by atoms with van der Waals surface area (Å²) in [7, 11) is -3.09. The summed E-state index contributed by atoms with van der Waals surface area (Å²) in [6.45, 7) is 8.80. The number of hydrogen-bond acceptors (Lipinski definition) is 2. The van der Waals surface area contributed by atoms with Crippen LogP contribution in [0, 0.1) is 11.8 Å². The number of nitrogens with one attached hydrogen (secondary N) is 1. The van der Waals surface area contributed by atoms with Gasteiger partial charge in [0.25, 0.3) is 0 Å². The molecule has 0 aromatic heterocycles. The third-order valence-electron chi connectivity index (χ3n) is 2.22. The summed E-state index contributed by atoms with van der Waals surface area (Å²) in [5, 5.41) is 0. The Kier molecular flexibility index (Phi) is 7.85. The average molecular weight is 314 g/mol. The van der Waals surface area contributed by atoms with E-state index in [-0.39, 0.29) is 10.6 Å². The summed E-state index contributed by atoms with van der Waals surface area (Å²) >= 11 is 3.48. The Balaban J connectivity index is 3.90. The van der Waals surface area contributed by atoms with Crippen LogP contribution in [0.1, 0.15) is 40.5 Å². The Labute approximate surface area is 109 Å². The molecule has 0 bridgehead atoms. The second kappa shape index (κ2) is 7.67. The predicted molar refractivity (Wildman–Crippen MR) is 73.4 cm³/mol. The number of sulfonamides is 1. The van der Waals surface area contributed by atoms with Crippen molar-refractivity contribution in [1.82, 2.24) is 4.72 Å². The highest BCUT2D eigenvalue weighted by Crippen LogP contribution is 2.12. The number of halogens is 1. The molecule has 1 unspecified atom stereocenters. The SMILES string of the molecule is CC(C)CCS(=O)(=O)NCC(Br)CC(C)C. The van der Waals surface area contributed by atoms with Gasteiger partial charge in [-0.3, -0.25) is 0 Å². The van der Waals surface area contributed by atoms with Crippen molar-refractivity contribution in [3.05, 3.63) is 0 Å². The molecular weight excluding hydrogens is 290 g/mol. The third-order valence-corrected chi connectivity index (χ3v) is 4.29. The van der Waals surface area contributed by atoms with Crippen LogP contribution in [0.3, 0.4) is 0 Å². The van der Waals surface area contributed by atoms with Crippen molar-refractivity contribution in [1.29, 1.82) is 0 Å². The molecule has 0 aliphatic rings. The van der Waals surface area contributed by atoms with Gasteiger partial charge in [0, 0.05) is 11.4 Å². The third kappa shape index (κ3) is 9.60. The first-order valence-electron chi connectivity index (χ1n) is 5.84. The van der Waals surface area contributed by atoms with E-state index in [1.54, 1.807) is 0 Å². The maximum Gasteiger partial charge on any atom is 0.211 e. The van der Waals surface area contributed by atoms with Crippen LogP contribution in [0.15, 0.2) is 0 Å². The molecule has 0 rings (SSSR count). The van der Waals surface area contributed by atoms with E-state index in [0.29, 0.717) is 24.8 Å². The summed E-state index contributed by atoms with van der Waals surface area (Å²) in [6, 6.07) is 0. The molecule has 0 aliphatic heterocycles. The van der Waals surface area contributed by atoms with Gasteiger partial charge < -0.3 is 0 Å². The highest BCUT2D eigenvalue weighted by Gasteiger charge is 2.14. The van der Waals surface area contributed by atoms with E-state index in [0.717, 1.165) is 6.42 Å². The first-order chi connectivity index (χ1) is 7.23. The molecule has 0 spiro atoms. The Morgan fingerprint density at radius 2 is 1.69 bits per heavy atom. The maximum absolute atomic E-state index is 11.6. The second-order valence-corrected chi connectivity index (χ2v) is 8.30. The minimum Gasteiger partial charge on any atom is -0.214 e. The molecule has 0 aromatic rings. The van der Waals surface area contributed by atoms with Crippen LogP contribution < -0.4 is 4.72 Å². The predicted octanol–water partition coefficient (Wildman–Crippen LogP) is 2.76. The normalized spacial score (nSPS) is 14.7. The van der Waals surface area contributed by atoms with Gasteiger partial charge in [-0.05, 0) is 24.7 Å². The van der Waals surface area contributed by atoms with Crippen molar-refractivity contribution in [3.8, 4) is 0 Å². The van der Waals surface area contributed by atoms with E-state index in [1.165, 1.54) is 0 Å². The van der Waals surface area contributed by atoms with Gasteiger partial charge in [-0.2, -0.15) is 0 Å². The summed E-state index contributed by atoms with van der Waals surface area (Å²) in [6.07, 6.45) is 1.69. The molecule has 0 saturated heterocycles. The fourth-order valence-corrected chi connectivity index (χ4v) is 3.78. The molecule has 98 valence electrons. The first-order valence-corrected chi connectivity index (χ1v) is 8.41. The molecule has 0 heterocycles. The van der Waals surface area contributed by atoms with Gasteiger partial charge in [0.15, 0.2) is 0 Å². The van der Waals surface area contributed by atoms with Crippen LogP contribution in [0.2, 0.25) is 0 Å². The van der Waals surface area contributed by atoms with E-state index in [1.807, 2.05) is 13.8 Å². The molecule has 16 heavy (non-hydrogen) atoms. The summed E-state index contributed by atoms with van der Waals surface area (Å²) < 4.78 is 25.8. The molecule has 0 aromatic carbocycles. The van der Waals surface area contributed by atoms with Crippen LogP contribution in [0.25, 0.3) is 0 Å². The molecule has 0 saturated carbocycles. The molecule has 0 radical (unpaired) electrons. The van der Waals surface area contributed by atoms with Crippen molar-refractivity contribution in [3.63, 3.8) is 0 Å². The quantitative estimate of drug-likeness (QED) is 0.700. The fraction of sp³-hybridized carbons (Fsp3) is 1.00. The van der Waals surface area contributed by atoms with Crippen LogP contribution in [0.4, 0.5) is 0 Å². The lowest BCUT2D eigenvalue weighted by molar-refractivity contribution is 0.543. The monoisotopic (exact) mass is 313 g/mol. The Morgan fingerprint density at radius 3 is 2.12 bits per heavy atom. The van der Waals surface area contributed by atoms with Gasteiger partial charge in [-0.25, -0.2) is 13.1 Å². The zero-order valence-corrected chi connectivity index (χ0v) is 13.1. The lowest BCUT2D eigenvalue weighted by Crippen LogP contribution is -2.32. The highest BCUT2D eigenvalue weighted by molar-refractivity contribution is 9.09. The van der Waals surface area contributed by atoms with Gasteiger partial charge >= 0.3 is 0 Å². The van der Waals surface area contributed by atoms with Crippen LogP contribution >= 0.6 is 15.9 Å². The molecular formula is C11H24BrNO2S. The minimum absolute atomic E-state index is 0.223. The van der Waals surface area contributed by atoms with Crippen molar-refractivity contribution in [2.45, 2.75) is 45.4 Å². The van der Waals surface area contributed by atoms with E-state index in [9.17, 15) is 8.42 Å². The minimum atomic E-state index is -3.09. The number of alkyl halides is 1. The molecule has 1 atom stereocenters. The number of hydrogen-bond donors (Lipinski definition) is 1.